The second kappa shape index (κ2) is 7.30. The molecule has 0 saturated carbocycles. The van der Waals surface area contributed by atoms with Gasteiger partial charge in [0.05, 0.1) is 30.8 Å². The fourth-order valence-corrected chi connectivity index (χ4v) is 2.09. The van der Waals surface area contributed by atoms with Crippen LogP contribution in [0.3, 0.4) is 0 Å². The van der Waals surface area contributed by atoms with Gasteiger partial charge in [-0.05, 0) is 11.7 Å². The zero-order valence-electron chi connectivity index (χ0n) is 10.1. The second-order valence-corrected chi connectivity index (χ2v) is 5.26. The van der Waals surface area contributed by atoms with Crippen LogP contribution in [0.1, 0.15) is 32.0 Å². The molecule has 0 aromatic carbocycles. The molecule has 0 aliphatic heterocycles. The van der Waals surface area contributed by atoms with Crippen LogP contribution in [0.2, 0.25) is 0 Å². The van der Waals surface area contributed by atoms with Gasteiger partial charge >= 0.3 is 0 Å². The molecule has 0 spiro atoms. The number of nitrogens with zero attached hydrogens (tertiary/aromatic N) is 3. The van der Waals surface area contributed by atoms with Crippen LogP contribution in [-0.4, -0.2) is 27.1 Å². The van der Waals surface area contributed by atoms with Crippen LogP contribution in [0.4, 0.5) is 0 Å². The Morgan fingerprint density at radius 2 is 2.29 bits per heavy atom. The lowest BCUT2D eigenvalue weighted by atomic mass is 10.2. The minimum Gasteiger partial charge on any atom is -0.392 e. The number of hydrogen-bond donors (Lipinski definition) is 1. The van der Waals surface area contributed by atoms with Gasteiger partial charge in [-0.25, -0.2) is 0 Å². The standard InChI is InChI=1S/C11H17N3O2S/c1-8(2)6-17-7-10-13-11(16-14-10)5-9(15)3-4-12/h8-9,15H,3,5-7H2,1-2H3. The zero-order valence-corrected chi connectivity index (χ0v) is 10.9. The minimum absolute atomic E-state index is 0.0831. The van der Waals surface area contributed by atoms with E-state index in [9.17, 15) is 5.11 Å². The Hall–Kier alpha value is -1.06. The molecule has 1 N–H and O–H groups in total. The van der Waals surface area contributed by atoms with Crippen molar-refractivity contribution in [3.05, 3.63) is 11.7 Å². The lowest BCUT2D eigenvalue weighted by Gasteiger charge is -2.01. The van der Waals surface area contributed by atoms with E-state index in [1.54, 1.807) is 11.8 Å². The summed E-state index contributed by atoms with van der Waals surface area (Å²) in [6.45, 7) is 4.32. The average Bonchev–Trinajstić information content (AvgIpc) is 2.65. The molecule has 0 fully saturated rings. The van der Waals surface area contributed by atoms with Gasteiger partial charge in [0.1, 0.15) is 0 Å². The summed E-state index contributed by atoms with van der Waals surface area (Å²) in [5.74, 6) is 3.46. The summed E-state index contributed by atoms with van der Waals surface area (Å²) in [6.07, 6.45) is -0.397. The number of thioether (sulfide) groups is 1. The molecule has 6 heteroatoms. The van der Waals surface area contributed by atoms with E-state index in [1.165, 1.54) is 0 Å². The van der Waals surface area contributed by atoms with Crippen molar-refractivity contribution < 1.29 is 9.63 Å². The highest BCUT2D eigenvalue weighted by Crippen LogP contribution is 2.13. The van der Waals surface area contributed by atoms with Crippen LogP contribution in [0.5, 0.6) is 0 Å². The first-order chi connectivity index (χ1) is 8.11. The zero-order chi connectivity index (χ0) is 12.7. The molecular formula is C11H17N3O2S. The Bertz CT molecular complexity index is 373. The van der Waals surface area contributed by atoms with E-state index in [2.05, 4.69) is 24.0 Å². The molecule has 1 rings (SSSR count). The van der Waals surface area contributed by atoms with Gasteiger partial charge in [-0.1, -0.05) is 19.0 Å². The fraction of sp³-hybridized carbons (Fsp3) is 0.727. The number of nitriles is 1. The lowest BCUT2D eigenvalue weighted by Crippen LogP contribution is -2.09. The Morgan fingerprint density at radius 1 is 1.53 bits per heavy atom. The lowest BCUT2D eigenvalue weighted by molar-refractivity contribution is 0.167. The van der Waals surface area contributed by atoms with Crippen LogP contribution < -0.4 is 0 Å². The van der Waals surface area contributed by atoms with Crippen molar-refractivity contribution in [1.82, 2.24) is 10.1 Å². The maximum absolute atomic E-state index is 9.41. The van der Waals surface area contributed by atoms with E-state index in [4.69, 9.17) is 9.78 Å². The van der Waals surface area contributed by atoms with E-state index in [0.717, 1.165) is 11.5 Å². The van der Waals surface area contributed by atoms with Crippen molar-refractivity contribution in [2.75, 3.05) is 5.75 Å². The average molecular weight is 255 g/mol. The highest BCUT2D eigenvalue weighted by atomic mass is 32.2. The van der Waals surface area contributed by atoms with E-state index in [1.807, 2.05) is 6.07 Å². The third kappa shape index (κ3) is 5.71. The van der Waals surface area contributed by atoms with Gasteiger partial charge in [-0.15, -0.1) is 0 Å². The molecule has 94 valence electrons. The summed E-state index contributed by atoms with van der Waals surface area (Å²) in [4.78, 5) is 4.16. The van der Waals surface area contributed by atoms with E-state index in [-0.39, 0.29) is 12.8 Å². The van der Waals surface area contributed by atoms with Gasteiger partial charge in [0, 0.05) is 0 Å². The topological polar surface area (TPSA) is 82.9 Å². The molecule has 17 heavy (non-hydrogen) atoms. The maximum Gasteiger partial charge on any atom is 0.229 e. The Kier molecular flexibility index (Phi) is 6.01. The molecule has 0 radical (unpaired) electrons. The van der Waals surface area contributed by atoms with Gasteiger partial charge < -0.3 is 9.63 Å². The van der Waals surface area contributed by atoms with Gasteiger partial charge in [-0.3, -0.25) is 0 Å². The van der Waals surface area contributed by atoms with Crippen LogP contribution in [0.25, 0.3) is 0 Å². The highest BCUT2D eigenvalue weighted by molar-refractivity contribution is 7.98. The second-order valence-electron chi connectivity index (χ2n) is 4.23. The van der Waals surface area contributed by atoms with E-state index >= 15 is 0 Å². The molecule has 0 aliphatic rings. The van der Waals surface area contributed by atoms with Crippen LogP contribution in [0.15, 0.2) is 4.52 Å². The molecule has 1 heterocycles. The van der Waals surface area contributed by atoms with Crippen molar-refractivity contribution in [1.29, 1.82) is 5.26 Å². The Balaban J connectivity index is 2.35. The predicted molar refractivity (Wildman–Crippen MR) is 65.2 cm³/mol. The van der Waals surface area contributed by atoms with Crippen molar-refractivity contribution in [3.8, 4) is 6.07 Å². The van der Waals surface area contributed by atoms with Gasteiger partial charge in [0.25, 0.3) is 0 Å². The van der Waals surface area contributed by atoms with E-state index < -0.39 is 6.10 Å². The molecule has 1 unspecified atom stereocenters. The molecule has 0 aliphatic carbocycles. The molecule has 1 atom stereocenters. The summed E-state index contributed by atoms with van der Waals surface area (Å²) in [7, 11) is 0. The van der Waals surface area contributed by atoms with Gasteiger partial charge in [-0.2, -0.15) is 22.0 Å². The van der Waals surface area contributed by atoms with Crippen molar-refractivity contribution >= 4 is 11.8 Å². The summed E-state index contributed by atoms with van der Waals surface area (Å²) in [6, 6.07) is 1.90. The monoisotopic (exact) mass is 255 g/mol. The largest absolute Gasteiger partial charge is 0.392 e. The van der Waals surface area contributed by atoms with Crippen molar-refractivity contribution in [3.63, 3.8) is 0 Å². The summed E-state index contributed by atoms with van der Waals surface area (Å²) in [5.41, 5.74) is 0. The van der Waals surface area contributed by atoms with Crippen LogP contribution in [-0.2, 0) is 12.2 Å². The molecule has 0 amide bonds. The van der Waals surface area contributed by atoms with Gasteiger partial charge in [0.2, 0.25) is 5.89 Å². The molecule has 5 nitrogen and oxygen atoms in total. The first-order valence-corrected chi connectivity index (χ1v) is 6.71. The quantitative estimate of drug-likeness (QED) is 0.799. The van der Waals surface area contributed by atoms with Crippen LogP contribution in [0, 0.1) is 17.2 Å². The van der Waals surface area contributed by atoms with Crippen molar-refractivity contribution in [2.45, 2.75) is 38.5 Å². The molecule has 1 aromatic heterocycles. The smallest absolute Gasteiger partial charge is 0.229 e. The molecular weight excluding hydrogens is 238 g/mol. The normalized spacial score (nSPS) is 12.6. The number of rotatable bonds is 7. The summed E-state index contributed by atoms with van der Waals surface area (Å²) in [5, 5.41) is 21.6. The van der Waals surface area contributed by atoms with Gasteiger partial charge in [0.15, 0.2) is 5.82 Å². The third-order valence-corrected chi connectivity index (χ3v) is 3.29. The summed E-state index contributed by atoms with van der Waals surface area (Å²) < 4.78 is 5.00. The first-order valence-electron chi connectivity index (χ1n) is 5.56. The first kappa shape index (κ1) is 14.0. The predicted octanol–water partition coefficient (Wildman–Crippen LogP) is 1.78. The Labute approximate surface area is 105 Å². The number of aliphatic hydroxyl groups excluding tert-OH is 1. The number of hydrogen-bond acceptors (Lipinski definition) is 6. The summed E-state index contributed by atoms with van der Waals surface area (Å²) >= 11 is 1.76. The van der Waals surface area contributed by atoms with E-state index in [0.29, 0.717) is 17.6 Å². The molecule has 0 bridgehead atoms. The Morgan fingerprint density at radius 3 is 2.94 bits per heavy atom. The number of aromatic nitrogens is 2. The fourth-order valence-electron chi connectivity index (χ4n) is 1.20. The third-order valence-electron chi connectivity index (χ3n) is 1.93. The van der Waals surface area contributed by atoms with Crippen LogP contribution >= 0.6 is 11.8 Å². The van der Waals surface area contributed by atoms with Crippen molar-refractivity contribution in [2.24, 2.45) is 5.92 Å². The minimum atomic E-state index is -0.725. The highest BCUT2D eigenvalue weighted by Gasteiger charge is 2.12. The SMILES string of the molecule is CC(C)CSCc1noc(CC(O)CC#N)n1. The number of aliphatic hydroxyl groups is 1. The molecule has 1 aromatic rings. The maximum atomic E-state index is 9.41. The molecule has 0 saturated heterocycles.